The average molecular weight is 294 g/mol. The lowest BCUT2D eigenvalue weighted by Gasteiger charge is -2.17. The maximum Gasteiger partial charge on any atom is 0.255 e. The number of hydrogen-bond donors (Lipinski definition) is 2. The van der Waals surface area contributed by atoms with E-state index in [-0.39, 0.29) is 11.8 Å². The number of halogens is 1. The van der Waals surface area contributed by atoms with Crippen molar-refractivity contribution in [2.45, 2.75) is 32.3 Å². The van der Waals surface area contributed by atoms with E-state index in [1.165, 1.54) is 0 Å². The summed E-state index contributed by atoms with van der Waals surface area (Å²) >= 11 is 6.04. The molecule has 1 saturated heterocycles. The zero-order valence-electron chi connectivity index (χ0n) is 11.4. The minimum atomic E-state index is -0.900. The Morgan fingerprint density at radius 3 is 2.90 bits per heavy atom. The van der Waals surface area contributed by atoms with Gasteiger partial charge in [0.25, 0.3) is 5.91 Å². The molecular weight excluding hydrogens is 278 g/mol. The SMILES string of the molecule is CC(C)c1nc(Cl)cc2[nH]cc(N3CCC(O)C3=O)c12. The van der Waals surface area contributed by atoms with Gasteiger partial charge in [0.2, 0.25) is 0 Å². The number of carbonyl (C=O) groups excluding carboxylic acids is 1. The van der Waals surface area contributed by atoms with Gasteiger partial charge in [0.15, 0.2) is 0 Å². The van der Waals surface area contributed by atoms with Crippen LogP contribution in [-0.2, 0) is 4.79 Å². The number of aliphatic hydroxyl groups is 1. The van der Waals surface area contributed by atoms with Gasteiger partial charge in [-0.2, -0.15) is 0 Å². The summed E-state index contributed by atoms with van der Waals surface area (Å²) in [5, 5.41) is 11.0. The molecule has 0 spiro atoms. The largest absolute Gasteiger partial charge is 0.383 e. The van der Waals surface area contributed by atoms with Gasteiger partial charge >= 0.3 is 0 Å². The monoisotopic (exact) mass is 293 g/mol. The third-order valence-electron chi connectivity index (χ3n) is 3.65. The fourth-order valence-electron chi connectivity index (χ4n) is 2.67. The Balaban J connectivity index is 2.20. The maximum absolute atomic E-state index is 12.0. The number of pyridine rings is 1. The highest BCUT2D eigenvalue weighted by Crippen LogP contribution is 2.35. The van der Waals surface area contributed by atoms with Crippen molar-refractivity contribution in [2.24, 2.45) is 0 Å². The first-order chi connectivity index (χ1) is 9.49. The molecule has 0 aromatic carbocycles. The molecule has 2 aromatic heterocycles. The van der Waals surface area contributed by atoms with E-state index in [2.05, 4.69) is 9.97 Å². The van der Waals surface area contributed by atoms with Crippen LogP contribution in [0.4, 0.5) is 5.69 Å². The van der Waals surface area contributed by atoms with Crippen molar-refractivity contribution in [1.29, 1.82) is 0 Å². The third kappa shape index (κ3) is 1.98. The molecule has 0 radical (unpaired) electrons. The molecule has 3 heterocycles. The summed E-state index contributed by atoms with van der Waals surface area (Å²) in [5.41, 5.74) is 2.49. The Morgan fingerprint density at radius 1 is 1.55 bits per heavy atom. The molecule has 3 rings (SSSR count). The Hall–Kier alpha value is -1.59. The summed E-state index contributed by atoms with van der Waals surface area (Å²) in [6, 6.07) is 1.75. The number of aromatic amines is 1. The molecule has 2 N–H and O–H groups in total. The molecule has 1 amide bonds. The van der Waals surface area contributed by atoms with Gasteiger partial charge in [-0.25, -0.2) is 4.98 Å². The second-order valence-corrected chi connectivity index (χ2v) is 5.76. The number of nitrogens with one attached hydrogen (secondary N) is 1. The number of fused-ring (bicyclic) bond motifs is 1. The number of aromatic nitrogens is 2. The lowest BCUT2D eigenvalue weighted by molar-refractivity contribution is -0.123. The Kier molecular flexibility index (Phi) is 3.18. The molecule has 2 aromatic rings. The molecule has 106 valence electrons. The number of hydrogen-bond acceptors (Lipinski definition) is 3. The van der Waals surface area contributed by atoms with Crippen LogP contribution in [0, 0.1) is 0 Å². The van der Waals surface area contributed by atoms with E-state index in [1.54, 1.807) is 17.2 Å². The summed E-state index contributed by atoms with van der Waals surface area (Å²) in [6.07, 6.45) is 1.34. The van der Waals surface area contributed by atoms with E-state index >= 15 is 0 Å². The number of anilines is 1. The second kappa shape index (κ2) is 4.75. The molecule has 20 heavy (non-hydrogen) atoms. The Bertz CT molecular complexity index is 680. The van der Waals surface area contributed by atoms with Crippen molar-refractivity contribution in [2.75, 3.05) is 11.4 Å². The van der Waals surface area contributed by atoms with Crippen LogP contribution in [0.3, 0.4) is 0 Å². The van der Waals surface area contributed by atoms with Gasteiger partial charge in [-0.1, -0.05) is 25.4 Å². The molecule has 1 unspecified atom stereocenters. The zero-order chi connectivity index (χ0) is 14.4. The van der Waals surface area contributed by atoms with Gasteiger partial charge in [0.05, 0.1) is 16.9 Å². The Morgan fingerprint density at radius 2 is 2.30 bits per heavy atom. The standard InChI is InChI=1S/C14H16ClN3O2/c1-7(2)13-12-8(5-11(15)17-13)16-6-9(12)18-4-3-10(19)14(18)20/h5-7,10,16,19H,3-4H2,1-2H3. The average Bonchev–Trinajstić information content (AvgIpc) is 2.93. The number of rotatable bonds is 2. The summed E-state index contributed by atoms with van der Waals surface area (Å²) in [4.78, 5) is 21.2. The van der Waals surface area contributed by atoms with Crippen molar-refractivity contribution in [3.63, 3.8) is 0 Å². The minimum Gasteiger partial charge on any atom is -0.383 e. The lowest BCUT2D eigenvalue weighted by Crippen LogP contribution is -2.29. The van der Waals surface area contributed by atoms with Crippen LogP contribution in [0.2, 0.25) is 5.15 Å². The number of aliphatic hydroxyl groups excluding tert-OH is 1. The quantitative estimate of drug-likeness (QED) is 0.836. The van der Waals surface area contributed by atoms with Gasteiger partial charge in [-0.15, -0.1) is 0 Å². The normalized spacial score (nSPS) is 19.6. The third-order valence-corrected chi connectivity index (χ3v) is 3.85. The fourth-order valence-corrected chi connectivity index (χ4v) is 2.87. The van der Waals surface area contributed by atoms with E-state index < -0.39 is 6.10 Å². The lowest BCUT2D eigenvalue weighted by atomic mass is 10.0. The molecular formula is C14H16ClN3O2. The minimum absolute atomic E-state index is 0.188. The number of H-pyrrole nitrogens is 1. The van der Waals surface area contributed by atoms with Crippen molar-refractivity contribution in [3.05, 3.63) is 23.1 Å². The van der Waals surface area contributed by atoms with Crippen molar-refractivity contribution in [3.8, 4) is 0 Å². The molecule has 0 aliphatic carbocycles. The van der Waals surface area contributed by atoms with Crippen LogP contribution in [0.5, 0.6) is 0 Å². The highest BCUT2D eigenvalue weighted by atomic mass is 35.5. The first-order valence-corrected chi connectivity index (χ1v) is 7.03. The number of carbonyl (C=O) groups is 1. The number of nitrogens with zero attached hydrogens (tertiary/aromatic N) is 2. The van der Waals surface area contributed by atoms with Crippen LogP contribution in [0.25, 0.3) is 10.9 Å². The van der Waals surface area contributed by atoms with Crippen LogP contribution in [-0.4, -0.2) is 33.6 Å². The molecule has 1 aliphatic heterocycles. The van der Waals surface area contributed by atoms with Crippen LogP contribution >= 0.6 is 11.6 Å². The van der Waals surface area contributed by atoms with Crippen LogP contribution in [0.1, 0.15) is 31.9 Å². The molecule has 1 atom stereocenters. The van der Waals surface area contributed by atoms with E-state index in [1.807, 2.05) is 13.8 Å². The predicted octanol–water partition coefficient (Wildman–Crippen LogP) is 2.44. The topological polar surface area (TPSA) is 69.2 Å². The van der Waals surface area contributed by atoms with E-state index in [9.17, 15) is 9.90 Å². The second-order valence-electron chi connectivity index (χ2n) is 5.38. The predicted molar refractivity (Wildman–Crippen MR) is 78.2 cm³/mol. The highest BCUT2D eigenvalue weighted by Gasteiger charge is 2.33. The first kappa shape index (κ1) is 13.4. The Labute approximate surface area is 121 Å². The van der Waals surface area contributed by atoms with Gasteiger partial charge in [-0.3, -0.25) is 4.79 Å². The molecule has 1 fully saturated rings. The summed E-state index contributed by atoms with van der Waals surface area (Å²) in [6.45, 7) is 4.60. The van der Waals surface area contributed by atoms with Crippen molar-refractivity contribution < 1.29 is 9.90 Å². The summed E-state index contributed by atoms with van der Waals surface area (Å²) < 4.78 is 0. The van der Waals surface area contributed by atoms with Crippen LogP contribution in [0.15, 0.2) is 12.3 Å². The van der Waals surface area contributed by atoms with Gasteiger partial charge < -0.3 is 15.0 Å². The van der Waals surface area contributed by atoms with Gasteiger partial charge in [0, 0.05) is 24.5 Å². The number of amides is 1. The first-order valence-electron chi connectivity index (χ1n) is 6.66. The molecule has 1 aliphatic rings. The van der Waals surface area contributed by atoms with Crippen molar-refractivity contribution >= 4 is 34.1 Å². The summed E-state index contributed by atoms with van der Waals surface area (Å²) in [5.74, 6) is -0.0658. The van der Waals surface area contributed by atoms with Gasteiger partial charge in [-0.05, 0) is 12.0 Å². The maximum atomic E-state index is 12.0. The van der Waals surface area contributed by atoms with Crippen molar-refractivity contribution in [1.82, 2.24) is 9.97 Å². The smallest absolute Gasteiger partial charge is 0.255 e. The summed E-state index contributed by atoms with van der Waals surface area (Å²) in [7, 11) is 0. The van der Waals surface area contributed by atoms with Crippen LogP contribution < -0.4 is 4.90 Å². The molecule has 0 saturated carbocycles. The zero-order valence-corrected chi connectivity index (χ0v) is 12.1. The van der Waals surface area contributed by atoms with E-state index in [0.29, 0.717) is 18.1 Å². The van der Waals surface area contributed by atoms with Gasteiger partial charge in [0.1, 0.15) is 11.3 Å². The van der Waals surface area contributed by atoms with E-state index in [0.717, 1.165) is 22.3 Å². The molecule has 6 heteroatoms. The molecule has 5 nitrogen and oxygen atoms in total. The highest BCUT2D eigenvalue weighted by molar-refractivity contribution is 6.30. The fraction of sp³-hybridized carbons (Fsp3) is 0.429. The van der Waals surface area contributed by atoms with E-state index in [4.69, 9.17) is 11.6 Å². The molecule has 0 bridgehead atoms.